The number of nitrogens with zero attached hydrogens (tertiary/aromatic N) is 1. The first-order chi connectivity index (χ1) is 14.3. The lowest BCUT2D eigenvalue weighted by Crippen LogP contribution is -2.51. The van der Waals surface area contributed by atoms with Crippen LogP contribution in [0.4, 0.5) is 0 Å². The third-order valence-electron chi connectivity index (χ3n) is 5.07. The van der Waals surface area contributed by atoms with Gasteiger partial charge in [0.25, 0.3) is 5.91 Å². The molecule has 162 valence electrons. The minimum Gasteiger partial charge on any atom is -0.484 e. The molecule has 2 atom stereocenters. The molecule has 2 amide bonds. The van der Waals surface area contributed by atoms with Crippen molar-refractivity contribution in [1.29, 1.82) is 0 Å². The number of hydrogen-bond acceptors (Lipinski definition) is 3. The number of carbonyl (C=O) groups excluding carboxylic acids is 2. The smallest absolute Gasteiger partial charge is 0.261 e. The molecular weight excluding hydrogens is 400 g/mol. The first-order valence-corrected chi connectivity index (χ1v) is 10.8. The van der Waals surface area contributed by atoms with E-state index in [0.717, 1.165) is 17.5 Å². The van der Waals surface area contributed by atoms with E-state index in [1.165, 1.54) is 0 Å². The van der Waals surface area contributed by atoms with Gasteiger partial charge >= 0.3 is 0 Å². The summed E-state index contributed by atoms with van der Waals surface area (Å²) in [7, 11) is 0. The Morgan fingerprint density at radius 1 is 1.10 bits per heavy atom. The molecule has 0 saturated heterocycles. The maximum atomic E-state index is 13.1. The fourth-order valence-corrected chi connectivity index (χ4v) is 3.19. The summed E-state index contributed by atoms with van der Waals surface area (Å²) in [5.41, 5.74) is 1.84. The van der Waals surface area contributed by atoms with Gasteiger partial charge in [-0.05, 0) is 56.0 Å². The van der Waals surface area contributed by atoms with Crippen LogP contribution in [0, 0.1) is 6.92 Å². The van der Waals surface area contributed by atoms with Gasteiger partial charge in [0, 0.05) is 17.6 Å². The van der Waals surface area contributed by atoms with Gasteiger partial charge in [0.05, 0.1) is 0 Å². The highest BCUT2D eigenvalue weighted by molar-refractivity contribution is 6.31. The Morgan fingerprint density at radius 3 is 2.40 bits per heavy atom. The van der Waals surface area contributed by atoms with Gasteiger partial charge < -0.3 is 15.0 Å². The van der Waals surface area contributed by atoms with Gasteiger partial charge in [-0.2, -0.15) is 0 Å². The Balaban J connectivity index is 2.18. The van der Waals surface area contributed by atoms with Crippen LogP contribution in [-0.2, 0) is 16.1 Å². The molecule has 0 spiro atoms. The molecule has 0 aromatic heterocycles. The molecule has 2 aromatic rings. The number of amides is 2. The van der Waals surface area contributed by atoms with Gasteiger partial charge in [-0.15, -0.1) is 0 Å². The number of ether oxygens (including phenoxy) is 1. The molecule has 5 nitrogen and oxygen atoms in total. The van der Waals surface area contributed by atoms with Crippen molar-refractivity contribution in [3.63, 3.8) is 0 Å². The Bertz CT molecular complexity index is 842. The van der Waals surface area contributed by atoms with Gasteiger partial charge in [0.2, 0.25) is 5.91 Å². The molecule has 0 aliphatic carbocycles. The number of nitrogens with one attached hydrogen (secondary N) is 1. The maximum Gasteiger partial charge on any atom is 0.261 e. The highest BCUT2D eigenvalue weighted by Gasteiger charge is 2.29. The molecule has 2 rings (SSSR count). The summed E-state index contributed by atoms with van der Waals surface area (Å²) in [6, 6.07) is 14.4. The van der Waals surface area contributed by atoms with E-state index >= 15 is 0 Å². The number of halogens is 1. The molecular formula is C24H31ClN2O3. The van der Waals surface area contributed by atoms with Crippen LogP contribution in [0.3, 0.4) is 0 Å². The monoisotopic (exact) mass is 430 g/mol. The molecule has 0 saturated carbocycles. The van der Waals surface area contributed by atoms with Gasteiger partial charge in [0.1, 0.15) is 11.8 Å². The lowest BCUT2D eigenvalue weighted by atomic mass is 10.1. The van der Waals surface area contributed by atoms with Crippen molar-refractivity contribution in [2.24, 2.45) is 0 Å². The van der Waals surface area contributed by atoms with Crippen LogP contribution in [0.2, 0.25) is 5.02 Å². The van der Waals surface area contributed by atoms with Crippen LogP contribution < -0.4 is 10.1 Å². The number of benzene rings is 2. The zero-order valence-corrected chi connectivity index (χ0v) is 18.9. The molecule has 0 unspecified atom stereocenters. The highest BCUT2D eigenvalue weighted by Crippen LogP contribution is 2.21. The van der Waals surface area contributed by atoms with Crippen LogP contribution >= 0.6 is 11.6 Å². The molecule has 2 aromatic carbocycles. The van der Waals surface area contributed by atoms with Gasteiger partial charge in [-0.25, -0.2) is 0 Å². The lowest BCUT2D eigenvalue weighted by Gasteiger charge is -2.31. The molecule has 0 bridgehead atoms. The van der Waals surface area contributed by atoms with E-state index in [1.54, 1.807) is 23.1 Å². The Kier molecular flexibility index (Phi) is 9.18. The predicted molar refractivity (Wildman–Crippen MR) is 121 cm³/mol. The van der Waals surface area contributed by atoms with Crippen LogP contribution in [0.5, 0.6) is 5.75 Å². The van der Waals surface area contributed by atoms with Crippen molar-refractivity contribution >= 4 is 23.4 Å². The molecule has 0 aliphatic rings. The van der Waals surface area contributed by atoms with E-state index in [0.29, 0.717) is 23.7 Å². The Hall–Kier alpha value is -2.53. The minimum absolute atomic E-state index is 0.0496. The van der Waals surface area contributed by atoms with Crippen LogP contribution in [0.25, 0.3) is 0 Å². The van der Waals surface area contributed by atoms with E-state index in [-0.39, 0.29) is 24.5 Å². The van der Waals surface area contributed by atoms with E-state index in [9.17, 15) is 9.59 Å². The fourth-order valence-electron chi connectivity index (χ4n) is 3.08. The number of hydrogen-bond donors (Lipinski definition) is 1. The first-order valence-electron chi connectivity index (χ1n) is 10.4. The third kappa shape index (κ3) is 6.77. The number of aryl methyl sites for hydroxylation is 1. The predicted octanol–water partition coefficient (Wildman–Crippen LogP) is 4.75. The summed E-state index contributed by atoms with van der Waals surface area (Å²) in [6.45, 7) is 7.96. The van der Waals surface area contributed by atoms with E-state index in [4.69, 9.17) is 16.3 Å². The second-order valence-electron chi connectivity index (χ2n) is 7.45. The van der Waals surface area contributed by atoms with E-state index in [2.05, 4.69) is 5.32 Å². The standard InChI is InChI=1S/C24H31ClN2O3/c1-5-18(4)26-24(29)22(6-2)27(15-19-10-8-7-9-11-19)23(28)16-30-20-12-13-21(25)17(3)14-20/h7-14,18,22H,5-6,15-16H2,1-4H3,(H,26,29)/t18-,22-/m0/s1. The first kappa shape index (κ1) is 23.7. The molecule has 0 radical (unpaired) electrons. The highest BCUT2D eigenvalue weighted by atomic mass is 35.5. The normalized spacial score (nSPS) is 12.7. The van der Waals surface area contributed by atoms with Crippen molar-refractivity contribution in [2.45, 2.75) is 59.2 Å². The average molecular weight is 431 g/mol. The average Bonchev–Trinajstić information content (AvgIpc) is 2.74. The summed E-state index contributed by atoms with van der Waals surface area (Å²) >= 11 is 6.06. The largest absolute Gasteiger partial charge is 0.484 e. The zero-order chi connectivity index (χ0) is 22.1. The van der Waals surface area contributed by atoms with E-state index in [1.807, 2.05) is 58.0 Å². The van der Waals surface area contributed by atoms with Crippen molar-refractivity contribution < 1.29 is 14.3 Å². The summed E-state index contributed by atoms with van der Waals surface area (Å²) in [6.07, 6.45) is 1.34. The fraction of sp³-hybridized carbons (Fsp3) is 0.417. The quantitative estimate of drug-likeness (QED) is 0.591. The van der Waals surface area contributed by atoms with Crippen LogP contribution in [-0.4, -0.2) is 35.4 Å². The molecule has 1 N–H and O–H groups in total. The topological polar surface area (TPSA) is 58.6 Å². The number of carbonyl (C=O) groups is 2. The lowest BCUT2D eigenvalue weighted by molar-refractivity contribution is -0.143. The SMILES string of the molecule is CC[C@H](C)NC(=O)[C@H](CC)N(Cc1ccccc1)C(=O)COc1ccc(Cl)c(C)c1. The van der Waals surface area contributed by atoms with Crippen molar-refractivity contribution in [3.8, 4) is 5.75 Å². The molecule has 30 heavy (non-hydrogen) atoms. The summed E-state index contributed by atoms with van der Waals surface area (Å²) in [4.78, 5) is 27.6. The minimum atomic E-state index is -0.567. The summed E-state index contributed by atoms with van der Waals surface area (Å²) in [5, 5.41) is 3.65. The van der Waals surface area contributed by atoms with Gasteiger partial charge in [-0.3, -0.25) is 9.59 Å². The molecule has 0 fully saturated rings. The maximum absolute atomic E-state index is 13.1. The van der Waals surface area contributed by atoms with Gasteiger partial charge in [0.15, 0.2) is 6.61 Å². The molecule has 6 heteroatoms. The summed E-state index contributed by atoms with van der Waals surface area (Å²) in [5.74, 6) is 0.193. The van der Waals surface area contributed by atoms with Crippen LogP contribution in [0.1, 0.15) is 44.7 Å². The zero-order valence-electron chi connectivity index (χ0n) is 18.2. The van der Waals surface area contributed by atoms with Crippen molar-refractivity contribution in [2.75, 3.05) is 6.61 Å². The van der Waals surface area contributed by atoms with Gasteiger partial charge in [-0.1, -0.05) is 55.8 Å². The number of rotatable bonds is 10. The van der Waals surface area contributed by atoms with Crippen LogP contribution in [0.15, 0.2) is 48.5 Å². The molecule has 0 heterocycles. The van der Waals surface area contributed by atoms with Crippen molar-refractivity contribution in [3.05, 3.63) is 64.7 Å². The summed E-state index contributed by atoms with van der Waals surface area (Å²) < 4.78 is 5.72. The Labute approximate surface area is 184 Å². The second-order valence-corrected chi connectivity index (χ2v) is 7.86. The van der Waals surface area contributed by atoms with E-state index < -0.39 is 6.04 Å². The molecule has 0 aliphatic heterocycles. The third-order valence-corrected chi connectivity index (χ3v) is 5.50. The van der Waals surface area contributed by atoms with Crippen molar-refractivity contribution in [1.82, 2.24) is 10.2 Å². The second kappa shape index (κ2) is 11.6. The Morgan fingerprint density at radius 2 is 1.80 bits per heavy atom.